The monoisotopic (exact) mass is 331 g/mol. The Morgan fingerprint density at radius 2 is 1.74 bits per heavy atom. The Morgan fingerprint density at radius 1 is 1.09 bits per heavy atom. The number of benzene rings is 2. The molecule has 1 amide bonds. The van der Waals surface area contributed by atoms with Gasteiger partial charge in [-0.25, -0.2) is 4.79 Å². The minimum atomic E-state index is -3.85. The number of hydrogen-bond acceptors (Lipinski definition) is 4. The maximum Gasteiger partial charge on any atom is 0.426 e. The highest BCUT2D eigenvalue weighted by atomic mass is 32.2. The van der Waals surface area contributed by atoms with Crippen molar-refractivity contribution in [2.45, 2.75) is 12.5 Å². The standard InChI is InChI=1S/C17H17NO4S/c1-23(20,21)22-17(19)18-12-11-13-7-5-6-10-15(13)16(18)14-8-3-2-4-9-14/h2-10,16H,11-12H2,1H3/t16-/m1/s1. The lowest BCUT2D eigenvalue weighted by atomic mass is 9.88. The molecule has 1 heterocycles. The quantitative estimate of drug-likeness (QED) is 0.794. The van der Waals surface area contributed by atoms with E-state index in [9.17, 15) is 13.2 Å². The molecule has 0 fully saturated rings. The van der Waals surface area contributed by atoms with Crippen LogP contribution in [0.1, 0.15) is 22.7 Å². The Balaban J connectivity index is 2.04. The predicted molar refractivity (Wildman–Crippen MR) is 86.5 cm³/mol. The van der Waals surface area contributed by atoms with E-state index in [1.54, 1.807) is 0 Å². The molecule has 5 nitrogen and oxygen atoms in total. The largest absolute Gasteiger partial charge is 0.426 e. The number of nitrogens with zero attached hydrogens (tertiary/aromatic N) is 1. The molecule has 0 unspecified atom stereocenters. The summed E-state index contributed by atoms with van der Waals surface area (Å²) in [5, 5.41) is 0. The first-order valence-electron chi connectivity index (χ1n) is 7.28. The Labute approximate surface area is 135 Å². The molecule has 2 aromatic rings. The van der Waals surface area contributed by atoms with Crippen LogP contribution < -0.4 is 0 Å². The molecule has 0 bridgehead atoms. The molecule has 2 aromatic carbocycles. The average molecular weight is 331 g/mol. The average Bonchev–Trinajstić information content (AvgIpc) is 2.53. The highest BCUT2D eigenvalue weighted by Crippen LogP contribution is 2.35. The van der Waals surface area contributed by atoms with Crippen LogP contribution in [0, 0.1) is 0 Å². The van der Waals surface area contributed by atoms with Crippen LogP contribution in [0.2, 0.25) is 0 Å². The summed E-state index contributed by atoms with van der Waals surface area (Å²) in [5.41, 5.74) is 3.07. The van der Waals surface area contributed by atoms with Gasteiger partial charge in [0.2, 0.25) is 0 Å². The van der Waals surface area contributed by atoms with E-state index in [-0.39, 0.29) is 6.04 Å². The van der Waals surface area contributed by atoms with Gasteiger partial charge >= 0.3 is 16.2 Å². The molecule has 0 radical (unpaired) electrons. The molecule has 0 aromatic heterocycles. The summed E-state index contributed by atoms with van der Waals surface area (Å²) in [6.07, 6.45) is 0.703. The first-order valence-corrected chi connectivity index (χ1v) is 9.10. The van der Waals surface area contributed by atoms with Crippen LogP contribution >= 0.6 is 0 Å². The Kier molecular flexibility index (Phi) is 4.09. The smallest absolute Gasteiger partial charge is 0.328 e. The molecule has 120 valence electrons. The van der Waals surface area contributed by atoms with Crippen molar-refractivity contribution in [1.82, 2.24) is 4.90 Å². The van der Waals surface area contributed by atoms with E-state index in [1.165, 1.54) is 4.90 Å². The van der Waals surface area contributed by atoms with Crippen molar-refractivity contribution in [2.75, 3.05) is 12.8 Å². The molecular weight excluding hydrogens is 314 g/mol. The molecule has 0 spiro atoms. The molecule has 1 atom stereocenters. The summed E-state index contributed by atoms with van der Waals surface area (Å²) in [5.74, 6) is 0. The fourth-order valence-corrected chi connectivity index (χ4v) is 3.29. The zero-order chi connectivity index (χ0) is 16.4. The highest BCUT2D eigenvalue weighted by Gasteiger charge is 2.34. The van der Waals surface area contributed by atoms with E-state index in [0.29, 0.717) is 13.0 Å². The van der Waals surface area contributed by atoms with Gasteiger partial charge in [-0.05, 0) is 23.1 Å². The van der Waals surface area contributed by atoms with Gasteiger partial charge in [-0.1, -0.05) is 54.6 Å². The summed E-state index contributed by atoms with van der Waals surface area (Å²) in [6.45, 7) is 0.408. The molecule has 0 saturated carbocycles. The van der Waals surface area contributed by atoms with Crippen LogP contribution in [0.4, 0.5) is 4.79 Å². The second-order valence-electron chi connectivity index (χ2n) is 5.51. The van der Waals surface area contributed by atoms with Crippen LogP contribution in [-0.4, -0.2) is 32.2 Å². The van der Waals surface area contributed by atoms with Crippen LogP contribution in [-0.2, 0) is 20.7 Å². The number of amides is 1. The van der Waals surface area contributed by atoms with Gasteiger partial charge < -0.3 is 4.18 Å². The maximum absolute atomic E-state index is 12.3. The van der Waals surface area contributed by atoms with Crippen molar-refractivity contribution in [1.29, 1.82) is 0 Å². The summed E-state index contributed by atoms with van der Waals surface area (Å²) in [4.78, 5) is 13.8. The number of fused-ring (bicyclic) bond motifs is 1. The summed E-state index contributed by atoms with van der Waals surface area (Å²) >= 11 is 0. The van der Waals surface area contributed by atoms with Gasteiger partial charge in [0.25, 0.3) is 0 Å². The van der Waals surface area contributed by atoms with E-state index in [4.69, 9.17) is 0 Å². The van der Waals surface area contributed by atoms with E-state index >= 15 is 0 Å². The van der Waals surface area contributed by atoms with Crippen molar-refractivity contribution in [3.05, 3.63) is 71.3 Å². The third-order valence-corrected chi connectivity index (χ3v) is 4.30. The van der Waals surface area contributed by atoms with Crippen molar-refractivity contribution < 1.29 is 17.4 Å². The second-order valence-corrected chi connectivity index (χ2v) is 7.08. The van der Waals surface area contributed by atoms with Crippen LogP contribution in [0.3, 0.4) is 0 Å². The van der Waals surface area contributed by atoms with E-state index in [2.05, 4.69) is 4.18 Å². The Hall–Kier alpha value is -2.34. The summed E-state index contributed by atoms with van der Waals surface area (Å²) in [7, 11) is -3.85. The Bertz CT molecular complexity index is 817. The number of carbonyl (C=O) groups excluding carboxylic acids is 1. The lowest BCUT2D eigenvalue weighted by molar-refractivity contribution is 0.138. The molecule has 0 aliphatic carbocycles. The lowest BCUT2D eigenvalue weighted by Gasteiger charge is -2.36. The Morgan fingerprint density at radius 3 is 2.43 bits per heavy atom. The molecule has 1 aliphatic heterocycles. The predicted octanol–water partition coefficient (Wildman–Crippen LogP) is 2.73. The van der Waals surface area contributed by atoms with Crippen molar-refractivity contribution in [3.63, 3.8) is 0 Å². The SMILES string of the molecule is CS(=O)(=O)OC(=O)N1CCc2ccccc2[C@H]1c1ccccc1. The van der Waals surface area contributed by atoms with Gasteiger partial charge in [-0.3, -0.25) is 4.90 Å². The van der Waals surface area contributed by atoms with Crippen molar-refractivity contribution >= 4 is 16.2 Å². The molecule has 23 heavy (non-hydrogen) atoms. The molecular formula is C17H17NO4S. The van der Waals surface area contributed by atoms with Crippen LogP contribution in [0.25, 0.3) is 0 Å². The van der Waals surface area contributed by atoms with Gasteiger partial charge in [-0.15, -0.1) is 0 Å². The topological polar surface area (TPSA) is 63.7 Å². The normalized spacial score (nSPS) is 17.4. The first kappa shape index (κ1) is 15.6. The van der Waals surface area contributed by atoms with Gasteiger partial charge in [0.15, 0.2) is 0 Å². The van der Waals surface area contributed by atoms with E-state index < -0.39 is 16.2 Å². The minimum Gasteiger partial charge on any atom is -0.328 e. The van der Waals surface area contributed by atoms with E-state index in [0.717, 1.165) is 22.9 Å². The van der Waals surface area contributed by atoms with Crippen LogP contribution in [0.15, 0.2) is 54.6 Å². The second kappa shape index (κ2) is 6.04. The number of hydrogen-bond donors (Lipinski definition) is 0. The molecule has 6 heteroatoms. The minimum absolute atomic E-state index is 0.351. The molecule has 3 rings (SSSR count). The molecule has 0 saturated heterocycles. The number of carbonyl (C=O) groups is 1. The lowest BCUT2D eigenvalue weighted by Crippen LogP contribution is -2.41. The highest BCUT2D eigenvalue weighted by molar-refractivity contribution is 7.86. The molecule has 0 N–H and O–H groups in total. The maximum atomic E-state index is 12.3. The molecule has 1 aliphatic rings. The third kappa shape index (κ3) is 3.37. The first-order chi connectivity index (χ1) is 11.0. The van der Waals surface area contributed by atoms with Crippen molar-refractivity contribution in [3.8, 4) is 0 Å². The van der Waals surface area contributed by atoms with Gasteiger partial charge in [0, 0.05) is 6.54 Å². The van der Waals surface area contributed by atoms with Gasteiger partial charge in [0.1, 0.15) is 0 Å². The fraction of sp³-hybridized carbons (Fsp3) is 0.235. The number of rotatable bonds is 2. The van der Waals surface area contributed by atoms with E-state index in [1.807, 2.05) is 54.6 Å². The van der Waals surface area contributed by atoms with Crippen LogP contribution in [0.5, 0.6) is 0 Å². The fourth-order valence-electron chi connectivity index (χ4n) is 2.94. The summed E-state index contributed by atoms with van der Waals surface area (Å²) in [6, 6.07) is 17.1. The summed E-state index contributed by atoms with van der Waals surface area (Å²) < 4.78 is 27.2. The zero-order valence-electron chi connectivity index (χ0n) is 12.7. The zero-order valence-corrected chi connectivity index (χ0v) is 13.5. The van der Waals surface area contributed by atoms with Crippen molar-refractivity contribution in [2.24, 2.45) is 0 Å². The third-order valence-electron chi connectivity index (χ3n) is 3.86. The van der Waals surface area contributed by atoms with Gasteiger partial charge in [0.05, 0.1) is 12.3 Å². The van der Waals surface area contributed by atoms with Gasteiger partial charge in [-0.2, -0.15) is 8.42 Å².